The second-order valence-electron chi connectivity index (χ2n) is 3.56. The fourth-order valence-electron chi connectivity index (χ4n) is 1.45. The van der Waals surface area contributed by atoms with Gasteiger partial charge >= 0.3 is 0 Å². The first-order valence-electron chi connectivity index (χ1n) is 5.22. The molecule has 0 aliphatic heterocycles. The average Bonchev–Trinajstić information content (AvgIpc) is 3.08. The fraction of sp³-hybridized carbons (Fsp3) is 0. The SMILES string of the molecule is N#Cc1ccc(-c2nc(-c3ccc(Cl)cn3)no2)s1. The zero-order valence-corrected chi connectivity index (χ0v) is 10.9. The van der Waals surface area contributed by atoms with Crippen molar-refractivity contribution in [2.45, 2.75) is 0 Å². The minimum atomic E-state index is 0.373. The molecule has 0 fully saturated rings. The molecule has 3 aromatic rings. The summed E-state index contributed by atoms with van der Waals surface area (Å²) < 4.78 is 5.16. The lowest BCUT2D eigenvalue weighted by Crippen LogP contribution is -1.84. The molecule has 19 heavy (non-hydrogen) atoms. The number of nitriles is 1. The van der Waals surface area contributed by atoms with E-state index in [1.54, 1.807) is 24.3 Å². The van der Waals surface area contributed by atoms with E-state index < -0.39 is 0 Å². The van der Waals surface area contributed by atoms with Crippen LogP contribution in [0.15, 0.2) is 35.0 Å². The summed E-state index contributed by atoms with van der Waals surface area (Å²) in [7, 11) is 0. The van der Waals surface area contributed by atoms with Crippen LogP contribution in [0.1, 0.15) is 4.88 Å². The Bertz CT molecular complexity index is 757. The molecule has 0 saturated carbocycles. The summed E-state index contributed by atoms with van der Waals surface area (Å²) in [4.78, 5) is 9.71. The Morgan fingerprint density at radius 3 is 2.84 bits per heavy atom. The summed E-state index contributed by atoms with van der Waals surface area (Å²) in [6.07, 6.45) is 1.52. The molecular formula is C12H5ClN4OS. The van der Waals surface area contributed by atoms with E-state index in [4.69, 9.17) is 21.4 Å². The van der Waals surface area contributed by atoms with Crippen LogP contribution in [0.2, 0.25) is 5.02 Å². The minimum Gasteiger partial charge on any atom is -0.333 e. The molecule has 5 nitrogen and oxygen atoms in total. The lowest BCUT2D eigenvalue weighted by Gasteiger charge is -1.92. The highest BCUT2D eigenvalue weighted by Crippen LogP contribution is 2.27. The lowest BCUT2D eigenvalue weighted by molar-refractivity contribution is 0.433. The highest BCUT2D eigenvalue weighted by molar-refractivity contribution is 7.15. The molecular weight excluding hydrogens is 284 g/mol. The van der Waals surface area contributed by atoms with Crippen molar-refractivity contribution in [1.82, 2.24) is 15.1 Å². The third kappa shape index (κ3) is 2.34. The predicted molar refractivity (Wildman–Crippen MR) is 70.6 cm³/mol. The van der Waals surface area contributed by atoms with Crippen molar-refractivity contribution in [1.29, 1.82) is 5.26 Å². The number of pyridine rings is 1. The number of aromatic nitrogens is 3. The Labute approximate surface area is 117 Å². The summed E-state index contributed by atoms with van der Waals surface area (Å²) in [6.45, 7) is 0. The normalized spacial score (nSPS) is 10.3. The Hall–Kier alpha value is -2.23. The molecule has 0 bridgehead atoms. The molecule has 3 rings (SSSR count). The van der Waals surface area contributed by atoms with Gasteiger partial charge in [-0.2, -0.15) is 10.2 Å². The van der Waals surface area contributed by atoms with Crippen LogP contribution in [-0.2, 0) is 0 Å². The number of thiophene rings is 1. The van der Waals surface area contributed by atoms with Gasteiger partial charge in [0, 0.05) is 6.20 Å². The molecule has 92 valence electrons. The van der Waals surface area contributed by atoms with Crippen molar-refractivity contribution in [3.63, 3.8) is 0 Å². The largest absolute Gasteiger partial charge is 0.333 e. The second kappa shape index (κ2) is 4.80. The topological polar surface area (TPSA) is 75.6 Å². The highest BCUT2D eigenvalue weighted by Gasteiger charge is 2.13. The zero-order valence-electron chi connectivity index (χ0n) is 9.37. The van der Waals surface area contributed by atoms with Gasteiger partial charge in [-0.05, 0) is 24.3 Å². The van der Waals surface area contributed by atoms with Gasteiger partial charge in [0.2, 0.25) is 5.82 Å². The van der Waals surface area contributed by atoms with Crippen molar-refractivity contribution >= 4 is 22.9 Å². The molecule has 0 aliphatic carbocycles. The van der Waals surface area contributed by atoms with Crippen LogP contribution < -0.4 is 0 Å². The van der Waals surface area contributed by atoms with Gasteiger partial charge in [-0.25, -0.2) is 0 Å². The zero-order chi connectivity index (χ0) is 13.2. The third-order valence-corrected chi connectivity index (χ3v) is 3.51. The smallest absolute Gasteiger partial charge is 0.268 e. The van der Waals surface area contributed by atoms with Gasteiger partial charge in [-0.3, -0.25) is 4.98 Å². The monoisotopic (exact) mass is 288 g/mol. The molecule has 0 aliphatic rings. The summed E-state index contributed by atoms with van der Waals surface area (Å²) in [5, 5.41) is 13.2. The van der Waals surface area contributed by atoms with Crippen LogP contribution in [-0.4, -0.2) is 15.1 Å². The van der Waals surface area contributed by atoms with Gasteiger partial charge in [0.1, 0.15) is 16.6 Å². The molecule has 0 spiro atoms. The van der Waals surface area contributed by atoms with Crippen molar-refractivity contribution in [3.05, 3.63) is 40.4 Å². The van der Waals surface area contributed by atoms with E-state index in [9.17, 15) is 0 Å². The van der Waals surface area contributed by atoms with Gasteiger partial charge in [-0.15, -0.1) is 11.3 Å². The first-order valence-corrected chi connectivity index (χ1v) is 6.41. The van der Waals surface area contributed by atoms with Gasteiger partial charge in [-0.1, -0.05) is 16.8 Å². The first-order chi connectivity index (χ1) is 9.26. The summed E-state index contributed by atoms with van der Waals surface area (Å²) in [6, 6.07) is 8.97. The van der Waals surface area contributed by atoms with Crippen LogP contribution in [0.4, 0.5) is 0 Å². The minimum absolute atomic E-state index is 0.373. The van der Waals surface area contributed by atoms with Gasteiger partial charge < -0.3 is 4.52 Å². The predicted octanol–water partition coefficient (Wildman–Crippen LogP) is 3.39. The quantitative estimate of drug-likeness (QED) is 0.722. The fourth-order valence-corrected chi connectivity index (χ4v) is 2.29. The second-order valence-corrected chi connectivity index (χ2v) is 5.08. The van der Waals surface area contributed by atoms with Crippen molar-refractivity contribution < 1.29 is 4.52 Å². The van der Waals surface area contributed by atoms with Crippen LogP contribution in [0, 0.1) is 11.3 Å². The Balaban J connectivity index is 1.95. The van der Waals surface area contributed by atoms with Gasteiger partial charge in [0.15, 0.2) is 0 Å². The van der Waals surface area contributed by atoms with Crippen molar-refractivity contribution in [2.75, 3.05) is 0 Å². The summed E-state index contributed by atoms with van der Waals surface area (Å²) in [5.74, 6) is 0.761. The van der Waals surface area contributed by atoms with E-state index >= 15 is 0 Å². The molecule has 3 heterocycles. The van der Waals surface area contributed by atoms with Crippen LogP contribution >= 0.6 is 22.9 Å². The standard InChI is InChI=1S/C12H5ClN4OS/c13-7-1-3-9(15-6-7)11-16-12(18-17-11)10-4-2-8(5-14)19-10/h1-4,6H. The number of hydrogen-bond donors (Lipinski definition) is 0. The molecule has 0 atom stereocenters. The lowest BCUT2D eigenvalue weighted by atomic mass is 10.3. The summed E-state index contributed by atoms with van der Waals surface area (Å²) >= 11 is 7.06. The maximum atomic E-state index is 8.78. The summed E-state index contributed by atoms with van der Waals surface area (Å²) in [5.41, 5.74) is 0.580. The maximum Gasteiger partial charge on any atom is 0.268 e. The van der Waals surface area contributed by atoms with Crippen LogP contribution in [0.3, 0.4) is 0 Å². The molecule has 0 unspecified atom stereocenters. The molecule has 0 N–H and O–H groups in total. The Kier molecular flexibility index (Phi) is 2.99. The van der Waals surface area contributed by atoms with Gasteiger partial charge in [0.25, 0.3) is 5.89 Å². The molecule has 0 radical (unpaired) electrons. The molecule has 0 aromatic carbocycles. The van der Waals surface area contributed by atoms with Crippen molar-refractivity contribution in [2.24, 2.45) is 0 Å². The van der Waals surface area contributed by atoms with E-state index in [0.29, 0.717) is 27.3 Å². The molecule has 0 amide bonds. The van der Waals surface area contributed by atoms with Crippen LogP contribution in [0.5, 0.6) is 0 Å². The van der Waals surface area contributed by atoms with E-state index in [1.807, 2.05) is 0 Å². The third-order valence-electron chi connectivity index (χ3n) is 2.31. The Morgan fingerprint density at radius 2 is 2.16 bits per heavy atom. The molecule has 0 saturated heterocycles. The average molecular weight is 289 g/mol. The van der Waals surface area contributed by atoms with E-state index in [2.05, 4.69) is 21.2 Å². The van der Waals surface area contributed by atoms with E-state index in [1.165, 1.54) is 17.5 Å². The van der Waals surface area contributed by atoms with Crippen molar-refractivity contribution in [3.8, 4) is 28.4 Å². The van der Waals surface area contributed by atoms with Gasteiger partial charge in [0.05, 0.1) is 9.90 Å². The highest BCUT2D eigenvalue weighted by atomic mass is 35.5. The maximum absolute atomic E-state index is 8.78. The number of halogens is 1. The molecule has 3 aromatic heterocycles. The number of hydrogen-bond acceptors (Lipinski definition) is 6. The van der Waals surface area contributed by atoms with E-state index in [-0.39, 0.29) is 0 Å². The Morgan fingerprint density at radius 1 is 1.26 bits per heavy atom. The van der Waals surface area contributed by atoms with E-state index in [0.717, 1.165) is 4.88 Å². The van der Waals surface area contributed by atoms with Crippen LogP contribution in [0.25, 0.3) is 22.3 Å². The number of rotatable bonds is 2. The number of nitrogens with zero attached hydrogens (tertiary/aromatic N) is 4. The first kappa shape index (κ1) is 11.8. The molecule has 7 heteroatoms.